The summed E-state index contributed by atoms with van der Waals surface area (Å²) in [6.07, 6.45) is 3.33. The fraction of sp³-hybridized carbons (Fsp3) is 0.250. The molecule has 12 heteroatoms. The third-order valence-corrected chi connectivity index (χ3v) is 9.62. The van der Waals surface area contributed by atoms with Crippen LogP contribution in [-0.2, 0) is 10.0 Å². The molecule has 0 bridgehead atoms. The molecule has 1 N–H and O–H groups in total. The summed E-state index contributed by atoms with van der Waals surface area (Å²) in [5.74, 6) is 0.826. The van der Waals surface area contributed by atoms with E-state index in [1.54, 1.807) is 10.7 Å². The minimum atomic E-state index is -3.74. The highest BCUT2D eigenvalue weighted by molar-refractivity contribution is 9.10. The van der Waals surface area contributed by atoms with Gasteiger partial charge in [-0.25, -0.2) is 13.4 Å². The fourth-order valence-corrected chi connectivity index (χ4v) is 7.23. The Kier molecular flexibility index (Phi) is 7.49. The van der Waals surface area contributed by atoms with Gasteiger partial charge in [-0.2, -0.15) is 13.9 Å². The number of rotatable bonds is 6. The number of nitrogens with one attached hydrogen (secondary N) is 1. The van der Waals surface area contributed by atoms with Crippen molar-refractivity contribution in [1.29, 1.82) is 0 Å². The van der Waals surface area contributed by atoms with Gasteiger partial charge in [-0.15, -0.1) is 0 Å². The molecule has 36 heavy (non-hydrogen) atoms. The third-order valence-electron chi connectivity index (χ3n) is 6.14. The zero-order valence-corrected chi connectivity index (χ0v) is 23.5. The van der Waals surface area contributed by atoms with Crippen molar-refractivity contribution in [3.05, 3.63) is 74.3 Å². The first-order valence-corrected chi connectivity index (χ1v) is 14.6. The van der Waals surface area contributed by atoms with Crippen LogP contribution in [0.5, 0.6) is 0 Å². The van der Waals surface area contributed by atoms with Gasteiger partial charge in [0.05, 0.1) is 21.4 Å². The summed E-state index contributed by atoms with van der Waals surface area (Å²) in [4.78, 5) is 4.81. The van der Waals surface area contributed by atoms with Gasteiger partial charge in [0.15, 0.2) is 5.65 Å². The second kappa shape index (κ2) is 10.5. The fourth-order valence-electron chi connectivity index (χ4n) is 4.35. The molecule has 2 aromatic heterocycles. The van der Waals surface area contributed by atoms with Crippen LogP contribution in [0.3, 0.4) is 0 Å². The molecule has 7 nitrogen and oxygen atoms in total. The molecule has 3 heterocycles. The van der Waals surface area contributed by atoms with Gasteiger partial charge < -0.3 is 5.32 Å². The van der Waals surface area contributed by atoms with Crippen LogP contribution in [-0.4, -0.2) is 47.0 Å². The van der Waals surface area contributed by atoms with Gasteiger partial charge in [0.25, 0.3) is 0 Å². The van der Waals surface area contributed by atoms with Crippen molar-refractivity contribution in [3.8, 4) is 11.3 Å². The Morgan fingerprint density at radius 1 is 1.08 bits per heavy atom. The number of fused-ring (bicyclic) bond motifs is 1. The van der Waals surface area contributed by atoms with Crippen LogP contribution in [0, 0.1) is 5.92 Å². The van der Waals surface area contributed by atoms with E-state index >= 15 is 0 Å². The predicted octanol–water partition coefficient (Wildman–Crippen LogP) is 6.63. The van der Waals surface area contributed by atoms with Crippen LogP contribution in [0.4, 0.5) is 5.82 Å². The summed E-state index contributed by atoms with van der Waals surface area (Å²) < 4.78 is 30.6. The van der Waals surface area contributed by atoms with E-state index in [2.05, 4.69) is 26.3 Å². The molecule has 0 amide bonds. The molecule has 1 atom stereocenters. The molecular weight excluding hydrogens is 609 g/mol. The molecule has 0 spiro atoms. The van der Waals surface area contributed by atoms with Crippen LogP contribution < -0.4 is 5.32 Å². The molecule has 0 aliphatic carbocycles. The highest BCUT2D eigenvalue weighted by Gasteiger charge is 2.31. The molecule has 0 saturated carbocycles. The van der Waals surface area contributed by atoms with E-state index in [1.165, 1.54) is 22.5 Å². The topological polar surface area (TPSA) is 79.6 Å². The minimum absolute atomic E-state index is 0.0730. The molecule has 1 aliphatic rings. The SMILES string of the molecule is O=S(=O)(c1ccc(Cl)cc1Cl)N1CCCC(CNc2cc(-c3ccccc3Cl)nc3c(Br)cnn23)C1. The number of hydrogen-bond acceptors (Lipinski definition) is 5. The summed E-state index contributed by atoms with van der Waals surface area (Å²) in [6, 6.07) is 13.9. The molecule has 1 aliphatic heterocycles. The highest BCUT2D eigenvalue weighted by atomic mass is 79.9. The number of halogens is 4. The van der Waals surface area contributed by atoms with Gasteiger partial charge in [0.2, 0.25) is 10.0 Å². The van der Waals surface area contributed by atoms with Crippen molar-refractivity contribution in [2.24, 2.45) is 5.92 Å². The van der Waals surface area contributed by atoms with Gasteiger partial charge in [-0.05, 0) is 59.0 Å². The van der Waals surface area contributed by atoms with Crippen LogP contribution in [0.2, 0.25) is 15.1 Å². The summed E-state index contributed by atoms with van der Waals surface area (Å²) in [6.45, 7) is 1.38. The average molecular weight is 630 g/mol. The van der Waals surface area contributed by atoms with Crippen molar-refractivity contribution in [2.45, 2.75) is 17.7 Å². The second-order valence-corrected chi connectivity index (χ2v) is 12.6. The number of piperidine rings is 1. The lowest BCUT2D eigenvalue weighted by molar-refractivity contribution is 0.275. The van der Waals surface area contributed by atoms with E-state index in [-0.39, 0.29) is 15.8 Å². The zero-order valence-electron chi connectivity index (χ0n) is 18.8. The summed E-state index contributed by atoms with van der Waals surface area (Å²) in [5, 5.41) is 9.01. The molecule has 1 saturated heterocycles. The molecule has 1 unspecified atom stereocenters. The first-order valence-electron chi connectivity index (χ1n) is 11.2. The van der Waals surface area contributed by atoms with Crippen LogP contribution >= 0.6 is 50.7 Å². The highest BCUT2D eigenvalue weighted by Crippen LogP contribution is 2.32. The van der Waals surface area contributed by atoms with E-state index in [1.807, 2.05) is 30.3 Å². The first kappa shape index (κ1) is 25.8. The molecule has 0 radical (unpaired) electrons. The third kappa shape index (κ3) is 5.10. The average Bonchev–Trinajstić information content (AvgIpc) is 3.23. The normalized spacial score (nSPS) is 16.9. The van der Waals surface area contributed by atoms with Gasteiger partial charge in [0.1, 0.15) is 10.7 Å². The Morgan fingerprint density at radius 3 is 2.67 bits per heavy atom. The lowest BCUT2D eigenvalue weighted by Gasteiger charge is -2.32. The van der Waals surface area contributed by atoms with Crippen LogP contribution in [0.15, 0.2) is 64.1 Å². The van der Waals surface area contributed by atoms with E-state index in [9.17, 15) is 8.42 Å². The van der Waals surface area contributed by atoms with Gasteiger partial charge in [0, 0.05) is 41.3 Å². The summed E-state index contributed by atoms with van der Waals surface area (Å²) in [7, 11) is -3.74. The Balaban J connectivity index is 1.38. The number of hydrogen-bond donors (Lipinski definition) is 1. The number of benzene rings is 2. The second-order valence-electron chi connectivity index (χ2n) is 8.56. The molecule has 5 rings (SSSR count). The summed E-state index contributed by atoms with van der Waals surface area (Å²) in [5.41, 5.74) is 2.18. The number of aromatic nitrogens is 3. The predicted molar refractivity (Wildman–Crippen MR) is 148 cm³/mol. The van der Waals surface area contributed by atoms with Crippen molar-refractivity contribution in [2.75, 3.05) is 25.0 Å². The van der Waals surface area contributed by atoms with Crippen molar-refractivity contribution >= 4 is 72.2 Å². The Hall–Kier alpha value is -1.88. The molecule has 188 valence electrons. The van der Waals surface area contributed by atoms with Gasteiger partial charge >= 0.3 is 0 Å². The number of nitrogens with zero attached hydrogens (tertiary/aromatic N) is 4. The monoisotopic (exact) mass is 627 g/mol. The lowest BCUT2D eigenvalue weighted by atomic mass is 10.00. The lowest BCUT2D eigenvalue weighted by Crippen LogP contribution is -2.41. The smallest absolute Gasteiger partial charge is 0.244 e. The molecule has 1 fully saturated rings. The van der Waals surface area contributed by atoms with Crippen LogP contribution in [0.1, 0.15) is 12.8 Å². The van der Waals surface area contributed by atoms with Gasteiger partial charge in [-0.3, -0.25) is 0 Å². The Morgan fingerprint density at radius 2 is 1.89 bits per heavy atom. The standard InChI is InChI=1S/C24H21BrCl3N5O2S/c25-18-13-30-33-23(11-21(31-24(18)33)17-5-1-2-6-19(17)27)29-12-15-4-3-9-32(14-15)36(34,35)22-8-7-16(26)10-20(22)28/h1-2,5-8,10-11,13,15,29H,3-4,9,12,14H2. The van der Waals surface area contributed by atoms with E-state index < -0.39 is 10.0 Å². The zero-order chi connectivity index (χ0) is 25.4. The Bertz CT molecular complexity index is 1550. The molecule has 2 aromatic carbocycles. The van der Waals surface area contributed by atoms with Crippen molar-refractivity contribution in [3.63, 3.8) is 0 Å². The van der Waals surface area contributed by atoms with Crippen molar-refractivity contribution in [1.82, 2.24) is 18.9 Å². The molecular formula is C24H21BrCl3N5O2S. The summed E-state index contributed by atoms with van der Waals surface area (Å²) >= 11 is 22.1. The first-order chi connectivity index (χ1) is 17.2. The van der Waals surface area contributed by atoms with E-state index in [0.29, 0.717) is 41.0 Å². The number of sulfonamides is 1. The van der Waals surface area contributed by atoms with Gasteiger partial charge in [-0.1, -0.05) is 53.0 Å². The van der Waals surface area contributed by atoms with E-state index in [4.69, 9.17) is 39.8 Å². The van der Waals surface area contributed by atoms with E-state index in [0.717, 1.165) is 28.7 Å². The maximum absolute atomic E-state index is 13.3. The largest absolute Gasteiger partial charge is 0.370 e. The maximum Gasteiger partial charge on any atom is 0.244 e. The van der Waals surface area contributed by atoms with Crippen molar-refractivity contribution < 1.29 is 8.42 Å². The quantitative estimate of drug-likeness (QED) is 0.259. The maximum atomic E-state index is 13.3. The van der Waals surface area contributed by atoms with Crippen LogP contribution in [0.25, 0.3) is 16.9 Å². The molecule has 4 aromatic rings. The Labute approximate surface area is 232 Å². The minimum Gasteiger partial charge on any atom is -0.370 e. The number of anilines is 1.